The largest absolute Gasteiger partial charge is 0.395 e. The predicted octanol–water partition coefficient (Wildman–Crippen LogP) is 2.02. The second-order valence-corrected chi connectivity index (χ2v) is 5.13. The normalized spacial score (nSPS) is 40.3. The molecule has 1 saturated heterocycles. The van der Waals surface area contributed by atoms with Gasteiger partial charge in [0.25, 0.3) is 0 Å². The Kier molecular flexibility index (Phi) is 3.45. The van der Waals surface area contributed by atoms with Crippen molar-refractivity contribution in [2.24, 2.45) is 5.92 Å². The van der Waals surface area contributed by atoms with E-state index in [1.54, 1.807) is 0 Å². The second kappa shape index (κ2) is 4.63. The monoisotopic (exact) mass is 197 g/mol. The SMILES string of the molecule is CC1CCC(N2CCCC2CO)CC1. The molecule has 0 amide bonds. The van der Waals surface area contributed by atoms with Crippen molar-refractivity contribution >= 4 is 0 Å². The molecule has 0 radical (unpaired) electrons. The molecule has 2 fully saturated rings. The average Bonchev–Trinajstić information content (AvgIpc) is 2.67. The van der Waals surface area contributed by atoms with Crippen LogP contribution in [0.5, 0.6) is 0 Å². The van der Waals surface area contributed by atoms with Gasteiger partial charge in [-0.2, -0.15) is 0 Å². The lowest BCUT2D eigenvalue weighted by atomic mass is 9.86. The number of likely N-dealkylation sites (tertiary alicyclic amines) is 1. The van der Waals surface area contributed by atoms with Gasteiger partial charge in [0.2, 0.25) is 0 Å². The molecule has 1 aliphatic heterocycles. The smallest absolute Gasteiger partial charge is 0.0586 e. The van der Waals surface area contributed by atoms with Crippen LogP contribution in [0.25, 0.3) is 0 Å². The Hall–Kier alpha value is -0.0800. The molecule has 1 unspecified atom stereocenters. The fourth-order valence-electron chi connectivity index (χ4n) is 3.11. The molecule has 2 heteroatoms. The van der Waals surface area contributed by atoms with Gasteiger partial charge in [-0.25, -0.2) is 0 Å². The molecule has 2 aliphatic rings. The van der Waals surface area contributed by atoms with Crippen LogP contribution in [-0.2, 0) is 0 Å². The molecule has 1 aliphatic carbocycles. The number of aliphatic hydroxyl groups is 1. The summed E-state index contributed by atoms with van der Waals surface area (Å²) in [6.45, 7) is 3.96. The van der Waals surface area contributed by atoms with Gasteiger partial charge < -0.3 is 5.11 Å². The van der Waals surface area contributed by atoms with E-state index in [-0.39, 0.29) is 0 Å². The average molecular weight is 197 g/mol. The van der Waals surface area contributed by atoms with E-state index in [1.807, 2.05) is 0 Å². The van der Waals surface area contributed by atoms with Crippen molar-refractivity contribution in [3.05, 3.63) is 0 Å². The van der Waals surface area contributed by atoms with Gasteiger partial charge in [0.1, 0.15) is 0 Å². The third kappa shape index (κ3) is 2.12. The minimum Gasteiger partial charge on any atom is -0.395 e. The van der Waals surface area contributed by atoms with Crippen LogP contribution >= 0.6 is 0 Å². The molecule has 1 saturated carbocycles. The quantitative estimate of drug-likeness (QED) is 0.732. The van der Waals surface area contributed by atoms with E-state index >= 15 is 0 Å². The summed E-state index contributed by atoms with van der Waals surface area (Å²) in [5, 5.41) is 9.28. The molecule has 14 heavy (non-hydrogen) atoms. The molecule has 2 nitrogen and oxygen atoms in total. The van der Waals surface area contributed by atoms with Crippen LogP contribution in [0.3, 0.4) is 0 Å². The molecule has 0 aromatic rings. The summed E-state index contributed by atoms with van der Waals surface area (Å²) in [5.41, 5.74) is 0. The Labute approximate surface area is 87.3 Å². The highest BCUT2D eigenvalue weighted by Crippen LogP contribution is 2.31. The summed E-state index contributed by atoms with van der Waals surface area (Å²) in [6, 6.07) is 1.26. The lowest BCUT2D eigenvalue weighted by Crippen LogP contribution is -2.42. The molecular formula is C12H23NO. The number of rotatable bonds is 2. The van der Waals surface area contributed by atoms with E-state index in [0.717, 1.165) is 12.0 Å². The first-order valence-corrected chi connectivity index (χ1v) is 6.18. The Morgan fingerprint density at radius 3 is 2.50 bits per heavy atom. The maximum atomic E-state index is 9.28. The van der Waals surface area contributed by atoms with E-state index in [4.69, 9.17) is 0 Å². The Morgan fingerprint density at radius 2 is 1.86 bits per heavy atom. The van der Waals surface area contributed by atoms with Gasteiger partial charge in [0.15, 0.2) is 0 Å². The Bertz CT molecular complexity index is 175. The van der Waals surface area contributed by atoms with Crippen molar-refractivity contribution in [2.45, 2.75) is 57.5 Å². The molecule has 1 heterocycles. The highest BCUT2D eigenvalue weighted by atomic mass is 16.3. The summed E-state index contributed by atoms with van der Waals surface area (Å²) >= 11 is 0. The first-order chi connectivity index (χ1) is 6.81. The zero-order chi connectivity index (χ0) is 9.97. The number of nitrogens with zero attached hydrogens (tertiary/aromatic N) is 1. The highest BCUT2D eigenvalue weighted by molar-refractivity contribution is 4.86. The van der Waals surface area contributed by atoms with Crippen LogP contribution in [-0.4, -0.2) is 35.2 Å². The second-order valence-electron chi connectivity index (χ2n) is 5.13. The maximum absolute atomic E-state index is 9.28. The molecule has 0 spiro atoms. The third-order valence-corrected chi connectivity index (χ3v) is 4.09. The summed E-state index contributed by atoms with van der Waals surface area (Å²) in [6.07, 6.45) is 7.99. The minimum absolute atomic E-state index is 0.367. The van der Waals surface area contributed by atoms with Crippen molar-refractivity contribution in [3.63, 3.8) is 0 Å². The summed E-state index contributed by atoms with van der Waals surface area (Å²) in [5.74, 6) is 0.932. The van der Waals surface area contributed by atoms with Gasteiger partial charge in [-0.1, -0.05) is 6.92 Å². The predicted molar refractivity (Wildman–Crippen MR) is 58.2 cm³/mol. The number of aliphatic hydroxyl groups excluding tert-OH is 1. The summed E-state index contributed by atoms with van der Waals surface area (Å²) in [4.78, 5) is 2.58. The van der Waals surface area contributed by atoms with E-state index < -0.39 is 0 Å². The molecule has 82 valence electrons. The van der Waals surface area contributed by atoms with Gasteiger partial charge in [0, 0.05) is 12.1 Å². The molecule has 0 aromatic heterocycles. The van der Waals surface area contributed by atoms with E-state index in [0.29, 0.717) is 12.6 Å². The van der Waals surface area contributed by atoms with Crippen LogP contribution in [0.4, 0.5) is 0 Å². The maximum Gasteiger partial charge on any atom is 0.0586 e. The number of hydrogen-bond acceptors (Lipinski definition) is 2. The van der Waals surface area contributed by atoms with Crippen molar-refractivity contribution in [2.75, 3.05) is 13.2 Å². The first kappa shape index (κ1) is 10.4. The fraction of sp³-hybridized carbons (Fsp3) is 1.00. The fourth-order valence-corrected chi connectivity index (χ4v) is 3.11. The zero-order valence-corrected chi connectivity index (χ0v) is 9.28. The van der Waals surface area contributed by atoms with Crippen molar-refractivity contribution in [3.8, 4) is 0 Å². The van der Waals surface area contributed by atoms with E-state index in [2.05, 4.69) is 11.8 Å². The van der Waals surface area contributed by atoms with Crippen LogP contribution in [0.2, 0.25) is 0 Å². The number of hydrogen-bond donors (Lipinski definition) is 1. The molecule has 1 atom stereocenters. The lowest BCUT2D eigenvalue weighted by Gasteiger charge is -2.36. The van der Waals surface area contributed by atoms with Crippen molar-refractivity contribution in [1.82, 2.24) is 4.90 Å². The molecular weight excluding hydrogens is 174 g/mol. The van der Waals surface area contributed by atoms with E-state index in [1.165, 1.54) is 45.1 Å². The zero-order valence-electron chi connectivity index (χ0n) is 9.28. The minimum atomic E-state index is 0.367. The van der Waals surface area contributed by atoms with Gasteiger partial charge in [0.05, 0.1) is 6.61 Å². The standard InChI is InChI=1S/C12H23NO/c1-10-4-6-11(7-5-10)13-8-2-3-12(13)9-14/h10-12,14H,2-9H2,1H3. The van der Waals surface area contributed by atoms with Crippen LogP contribution < -0.4 is 0 Å². The van der Waals surface area contributed by atoms with Crippen LogP contribution in [0, 0.1) is 5.92 Å². The first-order valence-electron chi connectivity index (χ1n) is 6.18. The molecule has 0 aromatic carbocycles. The Morgan fingerprint density at radius 1 is 1.14 bits per heavy atom. The van der Waals surface area contributed by atoms with Gasteiger partial charge in [-0.3, -0.25) is 4.90 Å². The molecule has 2 rings (SSSR count). The van der Waals surface area contributed by atoms with Crippen molar-refractivity contribution < 1.29 is 5.11 Å². The lowest BCUT2D eigenvalue weighted by molar-refractivity contribution is 0.0895. The van der Waals surface area contributed by atoms with E-state index in [9.17, 15) is 5.11 Å². The van der Waals surface area contributed by atoms with Crippen LogP contribution in [0.1, 0.15) is 45.4 Å². The summed E-state index contributed by atoms with van der Waals surface area (Å²) in [7, 11) is 0. The van der Waals surface area contributed by atoms with Crippen molar-refractivity contribution in [1.29, 1.82) is 0 Å². The Balaban J connectivity index is 1.88. The van der Waals surface area contributed by atoms with Gasteiger partial charge >= 0.3 is 0 Å². The topological polar surface area (TPSA) is 23.5 Å². The van der Waals surface area contributed by atoms with Gasteiger partial charge in [-0.15, -0.1) is 0 Å². The van der Waals surface area contributed by atoms with Gasteiger partial charge in [-0.05, 0) is 51.0 Å². The molecule has 1 N–H and O–H groups in total. The third-order valence-electron chi connectivity index (χ3n) is 4.09. The van der Waals surface area contributed by atoms with Crippen LogP contribution in [0.15, 0.2) is 0 Å². The highest BCUT2D eigenvalue weighted by Gasteiger charge is 2.31. The molecule has 0 bridgehead atoms. The summed E-state index contributed by atoms with van der Waals surface area (Å²) < 4.78 is 0.